The van der Waals surface area contributed by atoms with E-state index in [2.05, 4.69) is 49.0 Å². The number of fused-ring (bicyclic) bond motifs is 1. The van der Waals surface area contributed by atoms with Crippen LogP contribution in [0, 0.1) is 44.0 Å². The van der Waals surface area contributed by atoms with Crippen molar-refractivity contribution in [3.8, 4) is 11.5 Å². The number of hydrogen-bond donors (Lipinski definition) is 3. The van der Waals surface area contributed by atoms with Crippen LogP contribution in [0.2, 0.25) is 0 Å². The van der Waals surface area contributed by atoms with Crippen LogP contribution in [0.15, 0.2) is 23.8 Å². The van der Waals surface area contributed by atoms with E-state index in [1.165, 1.54) is 6.92 Å². The van der Waals surface area contributed by atoms with Crippen LogP contribution in [-0.4, -0.2) is 128 Å². The maximum absolute atomic E-state index is 13.1. The molecule has 2 rings (SSSR count). The molecule has 1 aromatic rings. The minimum absolute atomic E-state index is 0. The molecule has 55 heavy (non-hydrogen) atoms. The standard InChI is InChI=1S/C32H53O7PS2.C5H10O3.C2H6.CH4O.U.H2/c1-10-42(8,9)20-17-38-31(33)25(13-11-12-18-40-35)21-23(2)14-15-26-29(36-4)24(3)27-22-39-32(34)28(27)30(26)37-16-19-41(5,6)7;1-3-8-5(7)4(2)6;2*1-2;;/h11-12,14,25,35,40H,10,13,15-22H2,1-9H3;4,6H,3H2,1-2H3;1-2H3;2H,1H3;;1H/b12-11+,23-14+;;;;;/t;4-;;;;/m.0..../s1. The van der Waals surface area contributed by atoms with Crippen LogP contribution in [0.1, 0.15) is 82.9 Å². The van der Waals surface area contributed by atoms with Crippen LogP contribution in [0.25, 0.3) is 0 Å². The van der Waals surface area contributed by atoms with Gasteiger partial charge in [-0.2, -0.15) is 0 Å². The summed E-state index contributed by atoms with van der Waals surface area (Å²) in [6, 6.07) is 0. The molecule has 0 saturated carbocycles. The second-order valence-corrected chi connectivity index (χ2v) is 23.5. The molecule has 0 spiro atoms. The summed E-state index contributed by atoms with van der Waals surface area (Å²) in [5, 5.41) is 15.5. The molecule has 1 aliphatic heterocycles. The number of methoxy groups -OCH3 is 1. The van der Waals surface area contributed by atoms with E-state index in [0.29, 0.717) is 62.3 Å². The Labute approximate surface area is 362 Å². The SMILES string of the molecule is CC.CCOC(=O)[C@H](C)O.CCS(C)(C)CCOC(=O)C(C/C=C/CPO)C/C(C)=C/Cc1c(OC)c(C)c2c(c1OCCS(C)(C)C)C(=O)OC2.CO.[HH].[U]. The molecule has 11 nitrogen and oxygen atoms in total. The van der Waals surface area contributed by atoms with Crippen molar-refractivity contribution >= 4 is 46.8 Å². The number of cyclic esters (lactones) is 1. The summed E-state index contributed by atoms with van der Waals surface area (Å²) in [6.45, 7) is 14.7. The maximum atomic E-state index is 13.1. The topological polar surface area (TPSA) is 158 Å². The van der Waals surface area contributed by atoms with E-state index in [0.717, 1.165) is 46.6 Å². The first-order chi connectivity index (χ1) is 25.4. The van der Waals surface area contributed by atoms with Crippen molar-refractivity contribution in [2.75, 3.05) is 88.7 Å². The van der Waals surface area contributed by atoms with E-state index in [1.807, 2.05) is 39.8 Å². The maximum Gasteiger partial charge on any atom is 0.342 e. The molecule has 1 aliphatic rings. The average Bonchev–Trinajstić information content (AvgIpc) is 3.52. The number of rotatable bonds is 20. The third-order valence-electron chi connectivity index (χ3n) is 8.21. The van der Waals surface area contributed by atoms with Gasteiger partial charge in [-0.1, -0.05) is 44.6 Å². The predicted molar refractivity (Wildman–Crippen MR) is 233 cm³/mol. The molecule has 322 valence electrons. The quantitative estimate of drug-likeness (QED) is 0.0525. The number of aliphatic hydroxyl groups is 2. The molecule has 0 amide bonds. The van der Waals surface area contributed by atoms with Crippen LogP contribution in [0.4, 0.5) is 0 Å². The summed E-state index contributed by atoms with van der Waals surface area (Å²) in [6.07, 6.45) is 18.4. The minimum Gasteiger partial charge on any atom is -0.496 e. The monoisotopic (exact) mass is 1060 g/mol. The van der Waals surface area contributed by atoms with Gasteiger partial charge in [-0.05, 0) is 89.6 Å². The normalized spacial score (nSPS) is 14.1. The second kappa shape index (κ2) is 31.7. The molecule has 0 aliphatic carbocycles. The number of carbonyl (C=O) groups excluding carboxylic acids is 3. The number of aliphatic hydroxyl groups excluding tert-OH is 2. The molecular formula is C40H75O11PS2U. The zero-order chi connectivity index (χ0) is 42.1. The van der Waals surface area contributed by atoms with Gasteiger partial charge in [0.25, 0.3) is 0 Å². The third-order valence-corrected chi connectivity index (χ3v) is 12.9. The van der Waals surface area contributed by atoms with E-state index >= 15 is 0 Å². The Morgan fingerprint density at radius 2 is 1.62 bits per heavy atom. The van der Waals surface area contributed by atoms with Gasteiger partial charge in [0, 0.05) is 77.3 Å². The Kier molecular flexibility index (Phi) is 33.5. The fourth-order valence-electron chi connectivity index (χ4n) is 4.86. The van der Waals surface area contributed by atoms with E-state index in [4.69, 9.17) is 34.1 Å². The molecule has 0 bridgehead atoms. The molecule has 0 saturated heterocycles. The molecule has 2 unspecified atom stereocenters. The number of allylic oxidation sites excluding steroid dienone is 4. The number of esters is 3. The Balaban J connectivity index is -0.000000846. The smallest absolute Gasteiger partial charge is 0.342 e. The summed E-state index contributed by atoms with van der Waals surface area (Å²) < 4.78 is 27.8. The summed E-state index contributed by atoms with van der Waals surface area (Å²) in [4.78, 5) is 45.4. The molecule has 15 heteroatoms. The van der Waals surface area contributed by atoms with Crippen molar-refractivity contribution in [2.45, 2.75) is 80.4 Å². The minimum atomic E-state index is -0.991. The van der Waals surface area contributed by atoms with Crippen molar-refractivity contribution in [2.24, 2.45) is 5.92 Å². The van der Waals surface area contributed by atoms with Crippen molar-refractivity contribution in [3.05, 3.63) is 46.1 Å². The van der Waals surface area contributed by atoms with Gasteiger partial charge in [0.05, 0.1) is 32.8 Å². The molecule has 0 aromatic heterocycles. The van der Waals surface area contributed by atoms with Crippen molar-refractivity contribution in [1.82, 2.24) is 0 Å². The van der Waals surface area contributed by atoms with E-state index < -0.39 is 32.1 Å². The van der Waals surface area contributed by atoms with Gasteiger partial charge >= 0.3 is 17.9 Å². The third kappa shape index (κ3) is 23.1. The molecule has 0 radical (unpaired) electrons. The van der Waals surface area contributed by atoms with Gasteiger partial charge in [-0.3, -0.25) is 4.79 Å². The number of benzene rings is 1. The predicted octanol–water partition coefficient (Wildman–Crippen LogP) is 7.21. The first kappa shape index (κ1) is 58.1. The average molecular weight is 1070 g/mol. The summed E-state index contributed by atoms with van der Waals surface area (Å²) in [5.41, 5.74) is 4.09. The van der Waals surface area contributed by atoms with Crippen LogP contribution in [-0.2, 0) is 36.8 Å². The van der Waals surface area contributed by atoms with Gasteiger partial charge in [-0.25, -0.2) is 29.6 Å². The van der Waals surface area contributed by atoms with Gasteiger partial charge in [0.2, 0.25) is 0 Å². The Morgan fingerprint density at radius 1 is 1.00 bits per heavy atom. The molecular weight excluding hydrogens is 990 g/mol. The number of hydrogen-bond acceptors (Lipinski definition) is 11. The van der Waals surface area contributed by atoms with E-state index in [-0.39, 0.29) is 65.8 Å². The Hall–Kier alpha value is -1.23. The molecule has 3 N–H and O–H groups in total. The van der Waals surface area contributed by atoms with Crippen molar-refractivity contribution in [1.29, 1.82) is 0 Å². The van der Waals surface area contributed by atoms with Crippen LogP contribution in [0.5, 0.6) is 11.5 Å². The fourth-order valence-corrected chi connectivity index (χ4v) is 6.54. The molecule has 1 heterocycles. The zero-order valence-corrected chi connectivity index (χ0v) is 42.9. The van der Waals surface area contributed by atoms with Gasteiger partial charge in [0.1, 0.15) is 29.8 Å². The first-order valence-corrected chi connectivity index (χ1v) is 25.4. The Morgan fingerprint density at radius 3 is 2.11 bits per heavy atom. The van der Waals surface area contributed by atoms with Gasteiger partial charge in [0.15, 0.2) is 0 Å². The van der Waals surface area contributed by atoms with Crippen LogP contribution in [0.3, 0.4) is 0 Å². The number of carbonyl (C=O) groups is 3. The van der Waals surface area contributed by atoms with Gasteiger partial charge < -0.3 is 38.8 Å². The Bertz CT molecular complexity index is 1340. The largest absolute Gasteiger partial charge is 0.496 e. The summed E-state index contributed by atoms with van der Waals surface area (Å²) >= 11 is 0. The summed E-state index contributed by atoms with van der Waals surface area (Å²) in [5.74, 6) is 2.74. The fraction of sp³-hybridized carbons (Fsp3) is 0.675. The molecule has 1 aromatic carbocycles. The summed E-state index contributed by atoms with van der Waals surface area (Å²) in [7, 11) is 0.966. The first-order valence-electron chi connectivity index (χ1n) is 18.4. The zero-order valence-electron chi connectivity index (χ0n) is 36.1. The number of ether oxygens (including phenoxy) is 5. The molecule has 3 atom stereocenters. The van der Waals surface area contributed by atoms with Gasteiger partial charge in [-0.15, -0.1) is 0 Å². The molecule has 0 fully saturated rings. The van der Waals surface area contributed by atoms with Crippen LogP contribution >= 0.6 is 28.9 Å². The second-order valence-electron chi connectivity index (χ2n) is 13.6. The van der Waals surface area contributed by atoms with E-state index in [1.54, 1.807) is 14.0 Å². The van der Waals surface area contributed by atoms with Crippen molar-refractivity contribution < 1.29 is 85.7 Å². The van der Waals surface area contributed by atoms with Crippen LogP contribution < -0.4 is 9.47 Å². The van der Waals surface area contributed by atoms with E-state index in [9.17, 15) is 14.4 Å². The van der Waals surface area contributed by atoms with Crippen molar-refractivity contribution in [3.63, 3.8) is 0 Å².